The first-order valence-corrected chi connectivity index (χ1v) is 34.5. The van der Waals surface area contributed by atoms with Crippen molar-refractivity contribution in [3.05, 3.63) is 324 Å². The number of hydrogen-bond donors (Lipinski definition) is 0. The molecule has 0 radical (unpaired) electrons. The van der Waals surface area contributed by atoms with Gasteiger partial charge in [-0.1, -0.05) is 194 Å². The summed E-state index contributed by atoms with van der Waals surface area (Å²) in [6.07, 6.45) is 0. The molecule has 0 aliphatic rings. The highest BCUT2D eigenvalue weighted by Gasteiger charge is 2.38. The Balaban J connectivity index is 1.15. The van der Waals surface area contributed by atoms with Crippen molar-refractivity contribution in [2.75, 3.05) is 0 Å². The molecule has 0 aliphatic heterocycles. The van der Waals surface area contributed by atoms with Crippen molar-refractivity contribution in [2.24, 2.45) is 0 Å². The van der Waals surface area contributed by atoms with Crippen molar-refractivity contribution in [1.82, 2.24) is 48.2 Å². The maximum Gasteiger partial charge on any atom is 0.348 e. The minimum absolute atomic E-state index is 0.0367. The molecule has 16 heteroatoms. The van der Waals surface area contributed by atoms with Crippen molar-refractivity contribution in [2.45, 2.75) is 0 Å². The number of hydrogen-bond acceptors (Lipinski definition) is 12. The molecule has 0 amide bonds. The quantitative estimate of drug-likeness (QED) is 0.117. The predicted molar refractivity (Wildman–Crippen MR) is 418 cm³/mol. The molecule has 494 valence electrons. The van der Waals surface area contributed by atoms with Crippen molar-refractivity contribution in [3.63, 3.8) is 0 Å². The van der Waals surface area contributed by atoms with Crippen LogP contribution < -0.4 is 5.63 Å². The van der Waals surface area contributed by atoms with Gasteiger partial charge in [0.05, 0.1) is 113 Å². The van der Waals surface area contributed by atoms with Crippen LogP contribution in [-0.4, -0.2) is 48.2 Å². The molecule has 20 aromatic rings. The van der Waals surface area contributed by atoms with E-state index in [1.54, 1.807) is 6.07 Å². The second kappa shape index (κ2) is 24.2. The Morgan fingerprint density at radius 1 is 0.252 bits per heavy atom. The molecule has 13 aromatic carbocycles. The normalized spacial score (nSPS) is 11.6. The van der Waals surface area contributed by atoms with E-state index in [9.17, 15) is 21.0 Å². The topological polar surface area (TPSA) is 222 Å². The lowest BCUT2D eigenvalue weighted by Crippen LogP contribution is -2.18. The van der Waals surface area contributed by atoms with Crippen LogP contribution in [0.15, 0.2) is 300 Å². The summed E-state index contributed by atoms with van der Waals surface area (Å²) < 4.78 is 16.5. The lowest BCUT2D eigenvalue weighted by molar-refractivity contribution is 0.561. The van der Waals surface area contributed by atoms with Gasteiger partial charge in [0.1, 0.15) is 16.9 Å². The van der Waals surface area contributed by atoms with E-state index in [4.69, 9.17) is 34.3 Å². The zero-order valence-electron chi connectivity index (χ0n) is 56.3. The van der Waals surface area contributed by atoms with Crippen LogP contribution in [0.3, 0.4) is 0 Å². The Bertz CT molecular complexity index is 7340. The van der Waals surface area contributed by atoms with Crippen molar-refractivity contribution in [3.8, 4) is 115 Å². The number of aromatic nitrogens is 10. The predicted octanol–water partition coefficient (Wildman–Crippen LogP) is 20.0. The van der Waals surface area contributed by atoms with Crippen LogP contribution in [0, 0.1) is 45.3 Å². The fourth-order valence-corrected chi connectivity index (χ4v) is 15.6. The van der Waals surface area contributed by atoms with Crippen LogP contribution in [0.25, 0.3) is 189 Å². The van der Waals surface area contributed by atoms with Gasteiger partial charge in [0.25, 0.3) is 0 Å². The van der Waals surface area contributed by atoms with Crippen LogP contribution in [-0.2, 0) is 0 Å². The third-order valence-electron chi connectivity index (χ3n) is 20.2. The molecule has 0 fully saturated rings. The van der Waals surface area contributed by atoms with E-state index in [2.05, 4.69) is 60.7 Å². The lowest BCUT2D eigenvalue weighted by atomic mass is 9.96. The van der Waals surface area contributed by atoms with Gasteiger partial charge in [-0.3, -0.25) is 0 Å². The van der Waals surface area contributed by atoms with Gasteiger partial charge in [0.2, 0.25) is 0 Å². The maximum atomic E-state index is 17.6. The van der Waals surface area contributed by atoms with E-state index in [-0.39, 0.29) is 51.7 Å². The van der Waals surface area contributed by atoms with Crippen molar-refractivity contribution in [1.29, 1.82) is 21.0 Å². The molecule has 0 N–H and O–H groups in total. The van der Waals surface area contributed by atoms with Gasteiger partial charge in [-0.05, 0) is 97.1 Å². The summed E-state index contributed by atoms with van der Waals surface area (Å²) in [5, 5.41) is 50.0. The average Bonchev–Trinajstić information content (AvgIpc) is 1.60. The number of nitrogens with zero attached hydrogens (tertiary/aromatic N) is 14. The molecular formula is C91H48N14O2. The summed E-state index contributed by atoms with van der Waals surface area (Å²) in [7, 11) is 0. The summed E-state index contributed by atoms with van der Waals surface area (Å²) in [6.45, 7) is 0. The molecule has 20 rings (SSSR count). The molecule has 0 aliphatic carbocycles. The van der Waals surface area contributed by atoms with Crippen LogP contribution in [0.5, 0.6) is 0 Å². The van der Waals surface area contributed by atoms with Gasteiger partial charge in [-0.2, -0.15) is 21.0 Å². The van der Waals surface area contributed by atoms with E-state index in [0.29, 0.717) is 106 Å². The van der Waals surface area contributed by atoms with Gasteiger partial charge in [0, 0.05) is 65.3 Å². The summed E-state index contributed by atoms with van der Waals surface area (Å²) in [6, 6.07) is 103. The largest absolute Gasteiger partial charge is 0.420 e. The molecule has 107 heavy (non-hydrogen) atoms. The molecule has 7 aromatic heterocycles. The second-order valence-corrected chi connectivity index (χ2v) is 26.1. The zero-order valence-corrected chi connectivity index (χ0v) is 56.3. The van der Waals surface area contributed by atoms with Crippen LogP contribution >= 0.6 is 0 Å². The highest BCUT2D eigenvalue weighted by atomic mass is 16.4. The Labute approximate surface area is 607 Å². The second-order valence-electron chi connectivity index (χ2n) is 26.1. The van der Waals surface area contributed by atoms with Crippen LogP contribution in [0.2, 0.25) is 0 Å². The molecule has 0 saturated heterocycles. The number of para-hydroxylation sites is 4. The van der Waals surface area contributed by atoms with Gasteiger partial charge >= 0.3 is 5.63 Å². The Morgan fingerprint density at radius 3 is 0.822 bits per heavy atom. The van der Waals surface area contributed by atoms with Gasteiger partial charge in [-0.15, -0.1) is 0 Å². The SMILES string of the molecule is N#Cc1ccc2c(c1)c1ccccc1n2-c1c(-n2c3ccccc3c3cc(C#N)ccc32)c(-n2c3ccccc3c3cc(C#N)ccc32)c2c(-c3nc(-c4ccccc4)nc(-c4ccccc4)n3)c(-c3nc(-c4ccccc4)nc(-c4ccccc4)n3)c(=O)oc2c1-n1c2ccccc2c2cc(C#N)ccc21. The molecule has 0 atom stereocenters. The van der Waals surface area contributed by atoms with Crippen molar-refractivity contribution >= 4 is 98.2 Å². The van der Waals surface area contributed by atoms with E-state index in [1.165, 1.54) is 0 Å². The molecule has 7 heterocycles. The summed E-state index contributed by atoms with van der Waals surface area (Å²) in [5.74, 6) is 1.04. The van der Waals surface area contributed by atoms with Gasteiger partial charge in [-0.25, -0.2) is 34.7 Å². The van der Waals surface area contributed by atoms with E-state index in [0.717, 1.165) is 54.1 Å². The highest BCUT2D eigenvalue weighted by Crippen LogP contribution is 2.53. The Kier molecular flexibility index (Phi) is 13.8. The number of rotatable bonds is 10. The summed E-state index contributed by atoms with van der Waals surface area (Å²) in [4.78, 5) is 50.3. The van der Waals surface area contributed by atoms with Gasteiger partial charge < -0.3 is 22.7 Å². The molecule has 0 unspecified atom stereocenters. The lowest BCUT2D eigenvalue weighted by Gasteiger charge is -2.28. The number of nitriles is 4. The molecule has 0 spiro atoms. The molecule has 0 saturated carbocycles. The highest BCUT2D eigenvalue weighted by molar-refractivity contribution is 6.22. The van der Waals surface area contributed by atoms with Crippen LogP contribution in [0.1, 0.15) is 22.3 Å². The van der Waals surface area contributed by atoms with Crippen molar-refractivity contribution < 1.29 is 4.42 Å². The molecular weight excluding hydrogens is 1320 g/mol. The Morgan fingerprint density at radius 2 is 0.505 bits per heavy atom. The van der Waals surface area contributed by atoms with E-state index < -0.39 is 5.63 Å². The minimum atomic E-state index is -0.874. The monoisotopic (exact) mass is 1370 g/mol. The smallest absolute Gasteiger partial charge is 0.348 e. The van der Waals surface area contributed by atoms with E-state index >= 15 is 4.79 Å². The summed E-state index contributed by atoms with van der Waals surface area (Å²) >= 11 is 0. The fourth-order valence-electron chi connectivity index (χ4n) is 15.6. The third-order valence-corrected chi connectivity index (χ3v) is 20.2. The first-order chi connectivity index (χ1) is 52.8. The first-order valence-electron chi connectivity index (χ1n) is 34.5. The Hall–Kier alpha value is -15.8. The zero-order chi connectivity index (χ0) is 71.5. The maximum absolute atomic E-state index is 17.6. The number of benzene rings is 13. The molecule has 16 nitrogen and oxygen atoms in total. The first kappa shape index (κ1) is 61.1. The van der Waals surface area contributed by atoms with E-state index in [1.807, 2.05) is 267 Å². The average molecular weight is 1370 g/mol. The van der Waals surface area contributed by atoms with Gasteiger partial charge in [0.15, 0.2) is 40.5 Å². The van der Waals surface area contributed by atoms with Crippen LogP contribution in [0.4, 0.5) is 0 Å². The molecule has 0 bridgehead atoms. The fraction of sp³-hybridized carbons (Fsp3) is 0. The standard InChI is InChI=1S/C91H48N14O2/c92-49-53-37-41-73-65(45-53)61-29-13-17-33-69(61)102(73)80-78-77(89-98-85(57-21-5-1-6-22-57)96-86(99-89)58-23-7-2-8-24-58)79(90-100-87(59-25-9-3-10-26-59)97-88(101-90)60-27-11-4-12-28-60)91(106)107-84(78)83(105-72-36-20-16-32-64(72)68-48-56(52-95)40-44-76(68)105)82(104-71-35-19-15-31-63(71)67-47-55(51-94)39-43-75(67)104)81(80)103-70-34-18-14-30-62(70)66-46-54(50-93)38-42-74(66)103/h1-48H. The third kappa shape index (κ3) is 9.48. The summed E-state index contributed by atoms with van der Waals surface area (Å²) in [5.41, 5.74) is 10.7. The minimum Gasteiger partial charge on any atom is -0.420 e. The number of fused-ring (bicyclic) bond motifs is 13.